The first-order chi connectivity index (χ1) is 12.8. The number of ether oxygens (including phenoxy) is 1. The zero-order valence-corrected chi connectivity index (χ0v) is 14.3. The Morgan fingerprint density at radius 3 is 2.56 bits per heavy atom. The summed E-state index contributed by atoms with van der Waals surface area (Å²) in [5.41, 5.74) is -0.486. The predicted octanol–water partition coefficient (Wildman–Crippen LogP) is 3.96. The molecule has 27 heavy (non-hydrogen) atoms. The van der Waals surface area contributed by atoms with E-state index in [9.17, 15) is 18.0 Å². The second-order valence-electron chi connectivity index (χ2n) is 5.30. The average molecular weight is 397 g/mol. The van der Waals surface area contributed by atoms with Crippen LogP contribution in [-0.4, -0.2) is 27.3 Å². The minimum Gasteiger partial charge on any atom is -0.467 e. The molecule has 0 spiro atoms. The van der Waals surface area contributed by atoms with Gasteiger partial charge in [0.1, 0.15) is 0 Å². The highest BCUT2D eigenvalue weighted by atomic mass is 35.5. The van der Waals surface area contributed by atoms with Crippen LogP contribution in [-0.2, 0) is 11.0 Å². The van der Waals surface area contributed by atoms with Gasteiger partial charge in [0, 0.05) is 24.1 Å². The molecule has 0 radical (unpaired) electrons. The van der Waals surface area contributed by atoms with Crippen LogP contribution in [0.1, 0.15) is 5.69 Å². The van der Waals surface area contributed by atoms with Crippen LogP contribution in [0.4, 0.5) is 18.9 Å². The van der Waals surface area contributed by atoms with Crippen molar-refractivity contribution in [3.63, 3.8) is 0 Å². The normalized spacial score (nSPS) is 11.3. The number of carbonyl (C=O) groups is 1. The van der Waals surface area contributed by atoms with Crippen LogP contribution < -0.4 is 10.1 Å². The molecule has 2 heterocycles. The van der Waals surface area contributed by atoms with Crippen molar-refractivity contribution in [3.05, 3.63) is 65.6 Å². The summed E-state index contributed by atoms with van der Waals surface area (Å²) in [6.45, 7) is -0.518. The first-order valence-corrected chi connectivity index (χ1v) is 7.97. The van der Waals surface area contributed by atoms with Crippen LogP contribution in [0.3, 0.4) is 0 Å². The van der Waals surface area contributed by atoms with Gasteiger partial charge >= 0.3 is 6.18 Å². The molecule has 0 saturated heterocycles. The molecule has 0 aliphatic heterocycles. The summed E-state index contributed by atoms with van der Waals surface area (Å²) in [4.78, 5) is 15.8. The van der Waals surface area contributed by atoms with E-state index in [1.807, 2.05) is 0 Å². The number of carbonyl (C=O) groups excluding carboxylic acids is 1. The molecule has 2 aromatic heterocycles. The Morgan fingerprint density at radius 2 is 1.89 bits per heavy atom. The van der Waals surface area contributed by atoms with Gasteiger partial charge in [-0.2, -0.15) is 23.0 Å². The summed E-state index contributed by atoms with van der Waals surface area (Å²) in [5.74, 6) is -0.818. The fourth-order valence-electron chi connectivity index (χ4n) is 2.17. The van der Waals surface area contributed by atoms with E-state index in [1.165, 1.54) is 24.5 Å². The topological polar surface area (TPSA) is 69.0 Å². The smallest absolute Gasteiger partial charge is 0.435 e. The Hall–Kier alpha value is -3.07. The first kappa shape index (κ1) is 18.7. The van der Waals surface area contributed by atoms with Crippen molar-refractivity contribution in [1.82, 2.24) is 14.8 Å². The quantitative estimate of drug-likeness (QED) is 0.709. The molecule has 140 valence electrons. The zero-order chi connectivity index (χ0) is 19.4. The number of pyridine rings is 1. The third-order valence-electron chi connectivity index (χ3n) is 3.36. The molecule has 1 amide bonds. The number of alkyl halides is 3. The van der Waals surface area contributed by atoms with Crippen molar-refractivity contribution < 1.29 is 22.7 Å². The Bertz CT molecular complexity index is 945. The van der Waals surface area contributed by atoms with Gasteiger partial charge in [-0.25, -0.2) is 0 Å². The molecule has 0 atom stereocenters. The Balaban J connectivity index is 1.82. The molecule has 0 fully saturated rings. The van der Waals surface area contributed by atoms with Gasteiger partial charge < -0.3 is 10.1 Å². The lowest BCUT2D eigenvalue weighted by molar-refractivity contribution is -0.141. The molecule has 0 bridgehead atoms. The van der Waals surface area contributed by atoms with Crippen molar-refractivity contribution in [2.75, 3.05) is 11.9 Å². The maximum absolute atomic E-state index is 13.0. The van der Waals surface area contributed by atoms with Crippen molar-refractivity contribution in [3.8, 4) is 11.6 Å². The molecule has 1 N–H and O–H groups in total. The zero-order valence-electron chi connectivity index (χ0n) is 13.6. The number of hydrogen-bond donors (Lipinski definition) is 1. The number of benzene rings is 1. The fraction of sp³-hybridized carbons (Fsp3) is 0.118. The van der Waals surface area contributed by atoms with E-state index in [2.05, 4.69) is 15.4 Å². The van der Waals surface area contributed by atoms with E-state index in [0.29, 0.717) is 11.8 Å². The summed E-state index contributed by atoms with van der Waals surface area (Å²) >= 11 is 6.04. The van der Waals surface area contributed by atoms with Gasteiger partial charge in [-0.3, -0.25) is 9.78 Å². The van der Waals surface area contributed by atoms with E-state index in [-0.39, 0.29) is 16.6 Å². The number of hydrogen-bond acceptors (Lipinski definition) is 4. The Labute approximate surface area is 156 Å². The average Bonchev–Trinajstić information content (AvgIpc) is 3.06. The van der Waals surface area contributed by atoms with Crippen molar-refractivity contribution in [1.29, 1.82) is 0 Å². The SMILES string of the molecule is O=C(COc1cc(C(F)(F)F)nn1-c1ccccc1Cl)Nc1ccncc1. The first-order valence-electron chi connectivity index (χ1n) is 7.59. The highest BCUT2D eigenvalue weighted by Crippen LogP contribution is 2.33. The Kier molecular flexibility index (Phi) is 5.31. The van der Waals surface area contributed by atoms with Crippen molar-refractivity contribution in [2.24, 2.45) is 0 Å². The molecule has 3 aromatic rings. The van der Waals surface area contributed by atoms with Crippen LogP contribution in [0.25, 0.3) is 5.69 Å². The number of aromatic nitrogens is 3. The number of para-hydroxylation sites is 1. The second-order valence-corrected chi connectivity index (χ2v) is 5.71. The van der Waals surface area contributed by atoms with Crippen LogP contribution in [0.2, 0.25) is 5.02 Å². The third-order valence-corrected chi connectivity index (χ3v) is 3.68. The number of amides is 1. The summed E-state index contributed by atoms with van der Waals surface area (Å²) in [5, 5.41) is 6.24. The maximum Gasteiger partial charge on any atom is 0.435 e. The molecule has 0 aliphatic rings. The van der Waals surface area contributed by atoms with Gasteiger partial charge in [0.2, 0.25) is 5.88 Å². The number of halogens is 4. The molecule has 0 unspecified atom stereocenters. The minimum atomic E-state index is -4.68. The van der Waals surface area contributed by atoms with Gasteiger partial charge in [0.25, 0.3) is 5.91 Å². The van der Waals surface area contributed by atoms with E-state index < -0.39 is 24.4 Å². The van der Waals surface area contributed by atoms with Gasteiger partial charge in [0.15, 0.2) is 12.3 Å². The molecular formula is C17H12ClF3N4O2. The van der Waals surface area contributed by atoms with E-state index in [4.69, 9.17) is 16.3 Å². The summed E-state index contributed by atoms with van der Waals surface area (Å²) in [6.07, 6.45) is -1.71. The maximum atomic E-state index is 13.0. The highest BCUT2D eigenvalue weighted by molar-refractivity contribution is 6.32. The monoisotopic (exact) mass is 396 g/mol. The molecule has 1 aromatic carbocycles. The van der Waals surface area contributed by atoms with Crippen molar-refractivity contribution in [2.45, 2.75) is 6.18 Å². The number of anilines is 1. The largest absolute Gasteiger partial charge is 0.467 e. The molecule has 6 nitrogen and oxygen atoms in total. The number of nitrogens with one attached hydrogen (secondary N) is 1. The second kappa shape index (κ2) is 7.67. The predicted molar refractivity (Wildman–Crippen MR) is 91.9 cm³/mol. The van der Waals surface area contributed by atoms with Gasteiger partial charge in [-0.1, -0.05) is 23.7 Å². The lowest BCUT2D eigenvalue weighted by Crippen LogP contribution is -2.21. The standard InChI is InChI=1S/C17H12ClF3N4O2/c18-12-3-1-2-4-13(12)25-16(9-14(24-25)17(19,20)21)27-10-15(26)23-11-5-7-22-8-6-11/h1-9H,10H2,(H,22,23,26). The molecule has 0 aliphatic carbocycles. The van der Waals surface area contributed by atoms with E-state index in [0.717, 1.165) is 4.68 Å². The van der Waals surface area contributed by atoms with Crippen molar-refractivity contribution >= 4 is 23.2 Å². The van der Waals surface area contributed by atoms with Crippen LogP contribution in [0, 0.1) is 0 Å². The molecule has 0 saturated carbocycles. The van der Waals surface area contributed by atoms with Gasteiger partial charge in [0.05, 0.1) is 10.7 Å². The van der Waals surface area contributed by atoms with Gasteiger partial charge in [-0.05, 0) is 24.3 Å². The summed E-state index contributed by atoms with van der Waals surface area (Å²) < 4.78 is 45.3. The van der Waals surface area contributed by atoms with Crippen LogP contribution in [0.5, 0.6) is 5.88 Å². The number of rotatable bonds is 5. The summed E-state index contributed by atoms with van der Waals surface area (Å²) in [7, 11) is 0. The lowest BCUT2D eigenvalue weighted by atomic mass is 10.3. The molecule has 3 rings (SSSR count). The van der Waals surface area contributed by atoms with E-state index >= 15 is 0 Å². The third kappa shape index (κ3) is 4.56. The summed E-state index contributed by atoms with van der Waals surface area (Å²) in [6, 6.07) is 10.0. The highest BCUT2D eigenvalue weighted by Gasteiger charge is 2.35. The minimum absolute atomic E-state index is 0.181. The Morgan fingerprint density at radius 1 is 1.19 bits per heavy atom. The fourth-order valence-corrected chi connectivity index (χ4v) is 2.39. The number of nitrogens with zero attached hydrogens (tertiary/aromatic N) is 3. The van der Waals surface area contributed by atoms with E-state index in [1.54, 1.807) is 24.3 Å². The molecule has 10 heteroatoms. The van der Waals surface area contributed by atoms with Gasteiger partial charge in [-0.15, -0.1) is 0 Å². The van der Waals surface area contributed by atoms with Crippen LogP contribution in [0.15, 0.2) is 54.9 Å². The lowest BCUT2D eigenvalue weighted by Gasteiger charge is -2.10. The van der Waals surface area contributed by atoms with Crippen LogP contribution >= 0.6 is 11.6 Å². The molecular weight excluding hydrogens is 385 g/mol.